The van der Waals surface area contributed by atoms with Gasteiger partial charge in [0.2, 0.25) is 0 Å². The van der Waals surface area contributed by atoms with E-state index in [9.17, 15) is 4.79 Å². The molecule has 0 bridgehead atoms. The van der Waals surface area contributed by atoms with Gasteiger partial charge < -0.3 is 9.47 Å². The molecule has 2 aliphatic rings. The number of carbonyl (C=O) groups is 1. The number of hydrogen-bond donors (Lipinski definition) is 0. The molecule has 0 aromatic carbocycles. The fourth-order valence-corrected chi connectivity index (χ4v) is 2.48. The van der Waals surface area contributed by atoms with Crippen molar-refractivity contribution >= 4 is 5.97 Å². The Bertz CT molecular complexity index is 214. The van der Waals surface area contributed by atoms with Crippen LogP contribution >= 0.6 is 0 Å². The van der Waals surface area contributed by atoms with Crippen LogP contribution in [0.25, 0.3) is 0 Å². The zero-order valence-electron chi connectivity index (χ0n) is 8.16. The lowest BCUT2D eigenvalue weighted by atomic mass is 9.88. The molecule has 74 valence electrons. The van der Waals surface area contributed by atoms with E-state index >= 15 is 0 Å². The molecule has 4 unspecified atom stereocenters. The maximum absolute atomic E-state index is 11.4. The molecule has 2 rings (SSSR count). The monoisotopic (exact) mass is 184 g/mol. The lowest BCUT2D eigenvalue weighted by Crippen LogP contribution is -2.23. The molecule has 2 aliphatic heterocycles. The highest BCUT2D eigenvalue weighted by atomic mass is 16.6. The van der Waals surface area contributed by atoms with Gasteiger partial charge >= 0.3 is 5.97 Å². The van der Waals surface area contributed by atoms with Gasteiger partial charge in [0.1, 0.15) is 0 Å². The molecule has 2 saturated heterocycles. The molecule has 0 amide bonds. The van der Waals surface area contributed by atoms with Crippen LogP contribution in [-0.2, 0) is 14.3 Å². The first-order valence-corrected chi connectivity index (χ1v) is 5.10. The molecule has 0 spiro atoms. The van der Waals surface area contributed by atoms with Crippen molar-refractivity contribution < 1.29 is 14.3 Å². The first-order valence-electron chi connectivity index (χ1n) is 5.10. The van der Waals surface area contributed by atoms with E-state index in [1.54, 1.807) is 0 Å². The van der Waals surface area contributed by atoms with Gasteiger partial charge in [-0.2, -0.15) is 0 Å². The van der Waals surface area contributed by atoms with Crippen molar-refractivity contribution in [2.75, 3.05) is 6.61 Å². The summed E-state index contributed by atoms with van der Waals surface area (Å²) in [5, 5.41) is 0. The zero-order chi connectivity index (χ0) is 9.42. The van der Waals surface area contributed by atoms with E-state index in [2.05, 4.69) is 13.8 Å². The predicted molar refractivity (Wildman–Crippen MR) is 47.2 cm³/mol. The molecule has 13 heavy (non-hydrogen) atoms. The van der Waals surface area contributed by atoms with Crippen molar-refractivity contribution in [3.8, 4) is 0 Å². The molecule has 4 atom stereocenters. The lowest BCUT2D eigenvalue weighted by Gasteiger charge is -2.13. The molecular weight excluding hydrogens is 168 g/mol. The van der Waals surface area contributed by atoms with Gasteiger partial charge in [0, 0.05) is 5.92 Å². The number of hydrogen-bond acceptors (Lipinski definition) is 3. The minimum Gasteiger partial charge on any atom is -0.465 e. The Morgan fingerprint density at radius 3 is 2.62 bits per heavy atom. The summed E-state index contributed by atoms with van der Waals surface area (Å²) in [6.45, 7) is 4.73. The number of esters is 1. The van der Waals surface area contributed by atoms with Crippen LogP contribution in [0, 0.1) is 11.8 Å². The summed E-state index contributed by atoms with van der Waals surface area (Å²) in [7, 11) is 0. The molecule has 0 aromatic heterocycles. The highest BCUT2D eigenvalue weighted by Gasteiger charge is 2.51. The molecule has 0 N–H and O–H groups in total. The predicted octanol–water partition coefficient (Wildman–Crippen LogP) is 1.36. The molecule has 3 heteroatoms. The van der Waals surface area contributed by atoms with Crippen LogP contribution in [0.4, 0.5) is 0 Å². The van der Waals surface area contributed by atoms with Gasteiger partial charge in [0.05, 0.1) is 24.7 Å². The van der Waals surface area contributed by atoms with Gasteiger partial charge in [-0.1, -0.05) is 13.8 Å². The van der Waals surface area contributed by atoms with E-state index in [0.29, 0.717) is 12.5 Å². The molecule has 2 heterocycles. The van der Waals surface area contributed by atoms with Gasteiger partial charge in [-0.05, 0) is 12.8 Å². The van der Waals surface area contributed by atoms with Gasteiger partial charge in [0.15, 0.2) is 0 Å². The maximum Gasteiger partial charge on any atom is 0.312 e. The highest BCUT2D eigenvalue weighted by Crippen LogP contribution is 2.40. The van der Waals surface area contributed by atoms with Crippen LogP contribution in [0.2, 0.25) is 0 Å². The van der Waals surface area contributed by atoms with Gasteiger partial charge in [-0.15, -0.1) is 0 Å². The van der Waals surface area contributed by atoms with Crippen LogP contribution in [0.15, 0.2) is 0 Å². The standard InChI is InChI=1S/C10H16O3/c1-3-7-6-5-12-10(11)9(6)8(4-2)13-7/h6-9H,3-5H2,1-2H3. The average molecular weight is 184 g/mol. The van der Waals surface area contributed by atoms with Crippen LogP contribution < -0.4 is 0 Å². The molecular formula is C10H16O3. The number of fused-ring (bicyclic) bond motifs is 1. The maximum atomic E-state index is 11.4. The Kier molecular flexibility index (Phi) is 2.28. The molecule has 0 saturated carbocycles. The summed E-state index contributed by atoms with van der Waals surface area (Å²) in [6.07, 6.45) is 2.23. The second-order valence-electron chi connectivity index (χ2n) is 3.85. The SMILES string of the molecule is CCC1OC(CC)C2C(=O)OCC12. The fourth-order valence-electron chi connectivity index (χ4n) is 2.48. The van der Waals surface area contributed by atoms with Crippen LogP contribution in [-0.4, -0.2) is 24.8 Å². The molecule has 0 aromatic rings. The Morgan fingerprint density at radius 1 is 1.31 bits per heavy atom. The Hall–Kier alpha value is -0.570. The second-order valence-corrected chi connectivity index (χ2v) is 3.85. The van der Waals surface area contributed by atoms with Crippen molar-refractivity contribution in [1.29, 1.82) is 0 Å². The van der Waals surface area contributed by atoms with E-state index in [-0.39, 0.29) is 24.1 Å². The fraction of sp³-hybridized carbons (Fsp3) is 0.900. The third-order valence-electron chi connectivity index (χ3n) is 3.18. The largest absolute Gasteiger partial charge is 0.465 e. The Labute approximate surface area is 78.4 Å². The minimum absolute atomic E-state index is 0.0231. The normalized spacial score (nSPS) is 43.4. The van der Waals surface area contributed by atoms with Crippen molar-refractivity contribution in [3.05, 3.63) is 0 Å². The van der Waals surface area contributed by atoms with E-state index in [0.717, 1.165) is 12.8 Å². The topological polar surface area (TPSA) is 35.5 Å². The van der Waals surface area contributed by atoms with Gasteiger partial charge in [0.25, 0.3) is 0 Å². The van der Waals surface area contributed by atoms with Crippen LogP contribution in [0.3, 0.4) is 0 Å². The number of carbonyl (C=O) groups excluding carboxylic acids is 1. The summed E-state index contributed by atoms with van der Waals surface area (Å²) in [6, 6.07) is 0. The smallest absolute Gasteiger partial charge is 0.312 e. The van der Waals surface area contributed by atoms with Crippen LogP contribution in [0.5, 0.6) is 0 Å². The van der Waals surface area contributed by atoms with Gasteiger partial charge in [-0.25, -0.2) is 0 Å². The quantitative estimate of drug-likeness (QED) is 0.608. The molecule has 3 nitrogen and oxygen atoms in total. The van der Waals surface area contributed by atoms with Crippen molar-refractivity contribution in [3.63, 3.8) is 0 Å². The van der Waals surface area contributed by atoms with E-state index in [1.807, 2.05) is 0 Å². The second kappa shape index (κ2) is 3.29. The van der Waals surface area contributed by atoms with Gasteiger partial charge in [-0.3, -0.25) is 4.79 Å². The number of ether oxygens (including phenoxy) is 2. The molecule has 2 fully saturated rings. The first kappa shape index (κ1) is 9.00. The van der Waals surface area contributed by atoms with E-state index in [4.69, 9.17) is 9.47 Å². The summed E-state index contributed by atoms with van der Waals surface area (Å²) < 4.78 is 10.9. The number of rotatable bonds is 2. The third kappa shape index (κ3) is 1.26. The summed E-state index contributed by atoms with van der Waals surface area (Å²) in [5.74, 6) is 0.296. The number of cyclic esters (lactones) is 1. The molecule has 0 aliphatic carbocycles. The first-order chi connectivity index (χ1) is 6.27. The van der Waals surface area contributed by atoms with Crippen molar-refractivity contribution in [2.45, 2.75) is 38.9 Å². The zero-order valence-corrected chi connectivity index (χ0v) is 8.16. The van der Waals surface area contributed by atoms with E-state index < -0.39 is 0 Å². The average Bonchev–Trinajstić information content (AvgIpc) is 2.67. The Morgan fingerprint density at radius 2 is 2.00 bits per heavy atom. The minimum atomic E-state index is -0.0483. The molecule has 0 radical (unpaired) electrons. The van der Waals surface area contributed by atoms with E-state index in [1.165, 1.54) is 0 Å². The summed E-state index contributed by atoms with van der Waals surface area (Å²) in [5.41, 5.74) is 0. The van der Waals surface area contributed by atoms with Crippen molar-refractivity contribution in [1.82, 2.24) is 0 Å². The highest BCUT2D eigenvalue weighted by molar-refractivity contribution is 5.76. The third-order valence-corrected chi connectivity index (χ3v) is 3.18. The summed E-state index contributed by atoms with van der Waals surface area (Å²) >= 11 is 0. The van der Waals surface area contributed by atoms with Crippen molar-refractivity contribution in [2.24, 2.45) is 11.8 Å². The summed E-state index contributed by atoms with van der Waals surface area (Å²) in [4.78, 5) is 11.4. The van der Waals surface area contributed by atoms with Crippen LogP contribution in [0.1, 0.15) is 26.7 Å². The Balaban J connectivity index is 2.16. The lowest BCUT2D eigenvalue weighted by molar-refractivity contribution is -0.144.